The van der Waals surface area contributed by atoms with E-state index in [9.17, 15) is 23.1 Å². The number of ether oxygens (including phenoxy) is 2. The Labute approximate surface area is 207 Å². The molecule has 8 nitrogen and oxygen atoms in total. The van der Waals surface area contributed by atoms with E-state index in [1.54, 1.807) is 12.2 Å². The van der Waals surface area contributed by atoms with Crippen molar-refractivity contribution in [2.45, 2.75) is 83.4 Å². The molecule has 3 saturated carbocycles. The van der Waals surface area contributed by atoms with Gasteiger partial charge in [0.05, 0.1) is 18.5 Å². The van der Waals surface area contributed by atoms with Crippen molar-refractivity contribution < 1.29 is 36.8 Å². The molecule has 0 aromatic heterocycles. The molecular formula is C26H36O8S. The van der Waals surface area contributed by atoms with Gasteiger partial charge >= 0.3 is 0 Å². The smallest absolute Gasteiger partial charge is 0.264 e. The number of rotatable bonds is 6. The Hall–Kier alpha value is -1.39. The lowest BCUT2D eigenvalue weighted by Crippen LogP contribution is -2.63. The first-order valence-corrected chi connectivity index (χ1v) is 14.5. The zero-order valence-corrected chi connectivity index (χ0v) is 21.7. The fourth-order valence-electron chi connectivity index (χ4n) is 8.27. The Bertz CT molecular complexity index is 1090. The van der Waals surface area contributed by atoms with E-state index in [0.717, 1.165) is 31.1 Å². The van der Waals surface area contributed by atoms with Gasteiger partial charge in [-0.2, -0.15) is 8.42 Å². The molecule has 35 heavy (non-hydrogen) atoms. The van der Waals surface area contributed by atoms with Crippen molar-refractivity contribution in [3.8, 4) is 0 Å². The minimum atomic E-state index is -3.82. The summed E-state index contributed by atoms with van der Waals surface area (Å²) in [4.78, 5) is 25.8. The van der Waals surface area contributed by atoms with E-state index in [-0.39, 0.29) is 23.5 Å². The Kier molecular flexibility index (Phi) is 6.00. The summed E-state index contributed by atoms with van der Waals surface area (Å²) >= 11 is 0. The second kappa shape index (κ2) is 8.31. The van der Waals surface area contributed by atoms with Crippen LogP contribution in [0.15, 0.2) is 23.8 Å². The van der Waals surface area contributed by atoms with Gasteiger partial charge in [0, 0.05) is 16.7 Å². The predicted molar refractivity (Wildman–Crippen MR) is 127 cm³/mol. The molecule has 4 aliphatic carbocycles. The number of Topliss-reactive ketones (excluding diaryl/α,β-unsaturated/α-hetero) is 1. The van der Waals surface area contributed by atoms with Crippen molar-refractivity contribution in [1.82, 2.24) is 0 Å². The third kappa shape index (κ3) is 3.64. The Morgan fingerprint density at radius 2 is 2.06 bits per heavy atom. The zero-order chi connectivity index (χ0) is 25.4. The van der Waals surface area contributed by atoms with Crippen LogP contribution in [0, 0.1) is 28.6 Å². The minimum absolute atomic E-state index is 0.0133. The average Bonchev–Trinajstić information content (AvgIpc) is 3.24. The lowest BCUT2D eigenvalue weighted by molar-refractivity contribution is -0.200. The highest BCUT2D eigenvalue weighted by molar-refractivity contribution is 7.86. The summed E-state index contributed by atoms with van der Waals surface area (Å²) in [5.41, 5.74) is -1.47. The number of hydrogen-bond donors (Lipinski definition) is 1. The Morgan fingerprint density at radius 1 is 1.31 bits per heavy atom. The molecule has 0 spiro atoms. The van der Waals surface area contributed by atoms with Crippen LogP contribution in [-0.2, 0) is 33.4 Å². The predicted octanol–water partition coefficient (Wildman–Crippen LogP) is 2.70. The molecule has 0 bridgehead atoms. The summed E-state index contributed by atoms with van der Waals surface area (Å²) in [6.07, 6.45) is 8.33. The maximum absolute atomic E-state index is 13.8. The van der Waals surface area contributed by atoms with Crippen LogP contribution >= 0.6 is 0 Å². The fourth-order valence-corrected chi connectivity index (χ4v) is 8.59. The number of aliphatic hydroxyl groups excluding tert-OH is 1. The third-order valence-corrected chi connectivity index (χ3v) is 10.2. The first-order valence-electron chi connectivity index (χ1n) is 12.7. The molecule has 0 aromatic carbocycles. The number of carbonyl (C=O) groups is 2. The van der Waals surface area contributed by atoms with Crippen molar-refractivity contribution >= 4 is 21.7 Å². The van der Waals surface area contributed by atoms with Crippen molar-refractivity contribution in [1.29, 1.82) is 0 Å². The molecule has 1 heterocycles. The standard InChI is InChI=1S/C26H36O8S/c1-5-6-22-33-21-12-18-17-8-7-15-11-16(27)9-10-24(15,2)23(17)19(28)13-25(18,3)26(21,34-22)20(29)14-32-35(4,30)31/h9-11,17-19,21-23,28H,5-8,12-14H2,1-4H3/t17?,18?,19?,21-,22-,23?,24?,25?,26-/m1/s1. The molecule has 194 valence electrons. The highest BCUT2D eigenvalue weighted by Crippen LogP contribution is 2.69. The number of fused-ring (bicyclic) bond motifs is 7. The molecule has 5 rings (SSSR count). The number of hydrogen-bond acceptors (Lipinski definition) is 8. The molecule has 0 radical (unpaired) electrons. The van der Waals surface area contributed by atoms with Crippen LogP contribution in [0.4, 0.5) is 0 Å². The van der Waals surface area contributed by atoms with Gasteiger partial charge in [-0.25, -0.2) is 0 Å². The van der Waals surface area contributed by atoms with Gasteiger partial charge in [0.15, 0.2) is 23.5 Å². The summed E-state index contributed by atoms with van der Waals surface area (Å²) < 4.78 is 41.1. The molecule has 4 fully saturated rings. The summed E-state index contributed by atoms with van der Waals surface area (Å²) in [6.45, 7) is 5.50. The number of allylic oxidation sites excluding steroid dienone is 4. The van der Waals surface area contributed by atoms with E-state index in [4.69, 9.17) is 13.7 Å². The summed E-state index contributed by atoms with van der Waals surface area (Å²) in [5, 5.41) is 11.7. The van der Waals surface area contributed by atoms with Crippen molar-refractivity contribution in [3.63, 3.8) is 0 Å². The van der Waals surface area contributed by atoms with E-state index in [1.165, 1.54) is 0 Å². The first-order chi connectivity index (χ1) is 16.4. The normalized spacial score (nSPS) is 46.4. The van der Waals surface area contributed by atoms with Gasteiger partial charge in [0.25, 0.3) is 10.1 Å². The molecule has 0 amide bonds. The molecule has 9 atom stereocenters. The SMILES string of the molecule is CCC[C@@H]1O[C@@H]2CC3C4CCC5=CC(=O)C=CC5(C)C4C(O)CC3(C)[C@]2(C(=O)COS(C)(=O)=O)O1. The van der Waals surface area contributed by atoms with Gasteiger partial charge < -0.3 is 14.6 Å². The van der Waals surface area contributed by atoms with Crippen molar-refractivity contribution in [2.24, 2.45) is 28.6 Å². The monoisotopic (exact) mass is 508 g/mol. The Balaban J connectivity index is 1.53. The van der Waals surface area contributed by atoms with Crippen LogP contribution in [-0.4, -0.2) is 62.1 Å². The molecule has 1 N–H and O–H groups in total. The molecule has 0 aromatic rings. The van der Waals surface area contributed by atoms with Gasteiger partial charge in [-0.3, -0.25) is 13.8 Å². The number of carbonyl (C=O) groups excluding carboxylic acids is 2. The zero-order valence-electron chi connectivity index (χ0n) is 20.9. The summed E-state index contributed by atoms with van der Waals surface area (Å²) in [6, 6.07) is 0. The lowest BCUT2D eigenvalue weighted by Gasteiger charge is -2.59. The van der Waals surface area contributed by atoms with E-state index in [0.29, 0.717) is 19.3 Å². The average molecular weight is 509 g/mol. The van der Waals surface area contributed by atoms with Crippen molar-refractivity contribution in [3.05, 3.63) is 23.8 Å². The van der Waals surface area contributed by atoms with Crippen molar-refractivity contribution in [2.75, 3.05) is 12.9 Å². The molecule has 5 aliphatic rings. The number of aliphatic hydroxyl groups is 1. The van der Waals surface area contributed by atoms with Crippen LogP contribution in [0.5, 0.6) is 0 Å². The molecular weight excluding hydrogens is 472 g/mol. The molecule has 6 unspecified atom stereocenters. The summed E-state index contributed by atoms with van der Waals surface area (Å²) in [7, 11) is -3.82. The highest BCUT2D eigenvalue weighted by atomic mass is 32.2. The lowest BCUT2D eigenvalue weighted by atomic mass is 9.46. The Morgan fingerprint density at radius 3 is 2.74 bits per heavy atom. The van der Waals surface area contributed by atoms with Crippen LogP contribution in [0.2, 0.25) is 0 Å². The van der Waals surface area contributed by atoms with Crippen LogP contribution in [0.25, 0.3) is 0 Å². The fraction of sp³-hybridized carbons (Fsp3) is 0.769. The van der Waals surface area contributed by atoms with Crippen LogP contribution in [0.1, 0.15) is 59.3 Å². The summed E-state index contributed by atoms with van der Waals surface area (Å²) in [5.74, 6) is -0.398. The van der Waals surface area contributed by atoms with Crippen LogP contribution < -0.4 is 0 Å². The van der Waals surface area contributed by atoms with Crippen LogP contribution in [0.3, 0.4) is 0 Å². The highest BCUT2D eigenvalue weighted by Gasteiger charge is 2.75. The second-order valence-corrected chi connectivity index (χ2v) is 13.2. The van der Waals surface area contributed by atoms with Gasteiger partial charge in [-0.1, -0.05) is 38.8 Å². The van der Waals surface area contributed by atoms with E-state index >= 15 is 0 Å². The quantitative estimate of drug-likeness (QED) is 0.545. The largest absolute Gasteiger partial charge is 0.393 e. The molecule has 1 saturated heterocycles. The van der Waals surface area contributed by atoms with Gasteiger partial charge in [0.2, 0.25) is 0 Å². The van der Waals surface area contributed by atoms with E-state index < -0.39 is 57.4 Å². The number of ketones is 2. The van der Waals surface area contributed by atoms with E-state index in [2.05, 4.69) is 6.92 Å². The topological polar surface area (TPSA) is 116 Å². The molecule has 1 aliphatic heterocycles. The third-order valence-electron chi connectivity index (χ3n) is 9.63. The van der Waals surface area contributed by atoms with Gasteiger partial charge in [-0.05, 0) is 56.1 Å². The minimum Gasteiger partial charge on any atom is -0.393 e. The maximum atomic E-state index is 13.8. The molecule has 9 heteroatoms. The van der Waals surface area contributed by atoms with Gasteiger partial charge in [-0.15, -0.1) is 0 Å². The first kappa shape index (κ1) is 25.3. The second-order valence-electron chi connectivity index (χ2n) is 11.5. The van der Waals surface area contributed by atoms with E-state index in [1.807, 2.05) is 19.9 Å². The van der Waals surface area contributed by atoms with Gasteiger partial charge in [0.1, 0.15) is 6.61 Å². The maximum Gasteiger partial charge on any atom is 0.264 e.